The molecule has 4 aromatic rings. The number of halogens is 1. The van der Waals surface area contributed by atoms with Crippen molar-refractivity contribution in [2.45, 2.75) is 32.0 Å². The van der Waals surface area contributed by atoms with E-state index in [4.69, 9.17) is 4.74 Å². The molecule has 1 N–H and O–H groups in total. The average Bonchev–Trinajstić information content (AvgIpc) is 2.87. The molecule has 1 fully saturated rings. The molecule has 0 unspecified atom stereocenters. The lowest BCUT2D eigenvalue weighted by molar-refractivity contribution is 0.191. The Hall–Kier alpha value is -2.93. The first-order valence-electron chi connectivity index (χ1n) is 11.7. The lowest BCUT2D eigenvalue weighted by Gasteiger charge is -2.32. The fraction of sp³-hybridized carbons (Fsp3) is 0.333. The Morgan fingerprint density at radius 3 is 2.59 bits per heavy atom. The van der Waals surface area contributed by atoms with Crippen LogP contribution in [0.4, 0.5) is 0 Å². The number of rotatable bonds is 7. The van der Waals surface area contributed by atoms with Gasteiger partial charge in [-0.05, 0) is 60.5 Å². The first-order valence-corrected chi connectivity index (χ1v) is 11.7. The van der Waals surface area contributed by atoms with Crippen molar-refractivity contribution in [1.82, 2.24) is 19.8 Å². The van der Waals surface area contributed by atoms with Gasteiger partial charge in [0, 0.05) is 31.7 Å². The summed E-state index contributed by atoms with van der Waals surface area (Å²) in [5, 5.41) is 6.32. The van der Waals surface area contributed by atoms with E-state index in [1.807, 2.05) is 22.8 Å². The number of nitrogens with one attached hydrogen (secondary N) is 1. The summed E-state index contributed by atoms with van der Waals surface area (Å²) < 4.78 is 7.15. The lowest BCUT2D eigenvalue weighted by Crippen LogP contribution is -2.43. The third-order valence-corrected chi connectivity index (χ3v) is 6.69. The summed E-state index contributed by atoms with van der Waals surface area (Å²) in [7, 11) is 1.64. The Morgan fingerprint density at radius 2 is 1.79 bits per heavy atom. The monoisotopic (exact) mass is 478 g/mol. The Bertz CT molecular complexity index is 1320. The summed E-state index contributed by atoms with van der Waals surface area (Å²) in [6.45, 7) is 4.48. The van der Waals surface area contributed by atoms with Crippen LogP contribution in [0.5, 0.6) is 5.75 Å². The minimum Gasteiger partial charge on any atom is -0.497 e. The SMILES string of the molecule is COc1ccc2ncc(=O)n(CCN3CCC(NCc4ccc5ccccc5c4)CC3)c2c1.Cl. The van der Waals surface area contributed by atoms with E-state index in [0.717, 1.165) is 55.8 Å². The number of fused-ring (bicyclic) bond motifs is 2. The van der Waals surface area contributed by atoms with E-state index in [1.165, 1.54) is 22.5 Å². The Labute approximate surface area is 206 Å². The summed E-state index contributed by atoms with van der Waals surface area (Å²) >= 11 is 0. The quantitative estimate of drug-likeness (QED) is 0.430. The number of hydrogen-bond acceptors (Lipinski definition) is 5. The third-order valence-electron chi connectivity index (χ3n) is 6.69. The number of benzene rings is 3. The highest BCUT2D eigenvalue weighted by Gasteiger charge is 2.19. The standard InChI is InChI=1S/C27H30N4O2.ClH/c1-33-24-8-9-25-26(17-24)31(27(32)19-29-25)15-14-30-12-10-23(11-13-30)28-18-20-6-7-21-4-2-3-5-22(21)16-20;/h2-9,16-17,19,23,28H,10-15,18H2,1H3;1H. The molecule has 0 spiro atoms. The maximum absolute atomic E-state index is 12.5. The van der Waals surface area contributed by atoms with Crippen molar-refractivity contribution in [2.24, 2.45) is 0 Å². The molecule has 1 saturated heterocycles. The average molecular weight is 479 g/mol. The molecule has 5 rings (SSSR count). The van der Waals surface area contributed by atoms with Gasteiger partial charge in [0.25, 0.3) is 5.56 Å². The first kappa shape index (κ1) is 24.2. The van der Waals surface area contributed by atoms with Crippen molar-refractivity contribution in [2.75, 3.05) is 26.7 Å². The van der Waals surface area contributed by atoms with Gasteiger partial charge in [0.05, 0.1) is 24.3 Å². The van der Waals surface area contributed by atoms with Crippen molar-refractivity contribution in [3.05, 3.63) is 82.8 Å². The van der Waals surface area contributed by atoms with Gasteiger partial charge >= 0.3 is 0 Å². The minimum atomic E-state index is -0.0670. The van der Waals surface area contributed by atoms with Gasteiger partial charge in [-0.15, -0.1) is 12.4 Å². The predicted octanol–water partition coefficient (Wildman–Crippen LogP) is 4.23. The molecule has 1 aliphatic heterocycles. The first-order chi connectivity index (χ1) is 16.2. The molecule has 178 valence electrons. The number of piperidine rings is 1. The Balaban J connectivity index is 0.00000274. The molecule has 1 aliphatic rings. The largest absolute Gasteiger partial charge is 0.497 e. The highest BCUT2D eigenvalue weighted by molar-refractivity contribution is 5.85. The second kappa shape index (κ2) is 11.0. The molecule has 6 nitrogen and oxygen atoms in total. The number of hydrogen-bond donors (Lipinski definition) is 1. The maximum atomic E-state index is 12.5. The van der Waals surface area contributed by atoms with Crippen molar-refractivity contribution in [1.29, 1.82) is 0 Å². The Kier molecular flexibility index (Phi) is 7.83. The van der Waals surface area contributed by atoms with Gasteiger partial charge in [-0.1, -0.05) is 36.4 Å². The van der Waals surface area contributed by atoms with Crippen LogP contribution >= 0.6 is 12.4 Å². The normalized spacial score (nSPS) is 14.9. The molecule has 0 atom stereocenters. The van der Waals surface area contributed by atoms with E-state index in [2.05, 4.69) is 57.7 Å². The zero-order valence-electron chi connectivity index (χ0n) is 19.4. The molecule has 3 aromatic carbocycles. The van der Waals surface area contributed by atoms with E-state index in [0.29, 0.717) is 12.6 Å². The summed E-state index contributed by atoms with van der Waals surface area (Å²) in [5.74, 6) is 0.738. The number of aromatic nitrogens is 2. The highest BCUT2D eigenvalue weighted by atomic mass is 35.5. The lowest BCUT2D eigenvalue weighted by atomic mass is 10.0. The van der Waals surface area contributed by atoms with Gasteiger partial charge in [0.1, 0.15) is 5.75 Å². The van der Waals surface area contributed by atoms with Gasteiger partial charge in [0.15, 0.2) is 0 Å². The molecule has 0 saturated carbocycles. The number of likely N-dealkylation sites (tertiary alicyclic amines) is 1. The van der Waals surface area contributed by atoms with Crippen LogP contribution in [-0.2, 0) is 13.1 Å². The fourth-order valence-electron chi connectivity index (χ4n) is 4.71. The highest BCUT2D eigenvalue weighted by Crippen LogP contribution is 2.19. The van der Waals surface area contributed by atoms with Crippen LogP contribution in [0.15, 0.2) is 71.7 Å². The minimum absolute atomic E-state index is 0. The Morgan fingerprint density at radius 1 is 1.00 bits per heavy atom. The van der Waals surface area contributed by atoms with Gasteiger partial charge in [-0.25, -0.2) is 4.98 Å². The van der Waals surface area contributed by atoms with Crippen LogP contribution in [0.3, 0.4) is 0 Å². The van der Waals surface area contributed by atoms with Gasteiger partial charge in [0.2, 0.25) is 0 Å². The maximum Gasteiger partial charge on any atom is 0.269 e. The van der Waals surface area contributed by atoms with Crippen LogP contribution in [0.2, 0.25) is 0 Å². The second-order valence-corrected chi connectivity index (χ2v) is 8.78. The summed E-state index contributed by atoms with van der Waals surface area (Å²) in [6.07, 6.45) is 3.65. The van der Waals surface area contributed by atoms with E-state index in [-0.39, 0.29) is 18.0 Å². The molecule has 0 bridgehead atoms. The smallest absolute Gasteiger partial charge is 0.269 e. The molecule has 1 aromatic heterocycles. The summed E-state index contributed by atoms with van der Waals surface area (Å²) in [6, 6.07) is 21.4. The van der Waals surface area contributed by atoms with E-state index in [1.54, 1.807) is 7.11 Å². The van der Waals surface area contributed by atoms with Crippen LogP contribution in [0.25, 0.3) is 21.8 Å². The van der Waals surface area contributed by atoms with E-state index in [9.17, 15) is 4.79 Å². The van der Waals surface area contributed by atoms with Crippen molar-refractivity contribution in [3.63, 3.8) is 0 Å². The van der Waals surface area contributed by atoms with E-state index >= 15 is 0 Å². The van der Waals surface area contributed by atoms with Crippen molar-refractivity contribution >= 4 is 34.2 Å². The van der Waals surface area contributed by atoms with Crippen LogP contribution in [-0.4, -0.2) is 47.2 Å². The summed E-state index contributed by atoms with van der Waals surface area (Å²) in [5.41, 5.74) is 2.90. The second-order valence-electron chi connectivity index (χ2n) is 8.78. The zero-order chi connectivity index (χ0) is 22.6. The molecule has 7 heteroatoms. The molecular formula is C27H31ClN4O2. The molecule has 0 radical (unpaired) electrons. The number of methoxy groups -OCH3 is 1. The molecule has 34 heavy (non-hydrogen) atoms. The van der Waals surface area contributed by atoms with E-state index < -0.39 is 0 Å². The fourth-order valence-corrected chi connectivity index (χ4v) is 4.71. The summed E-state index contributed by atoms with van der Waals surface area (Å²) in [4.78, 5) is 19.2. The van der Waals surface area contributed by atoms with Crippen LogP contribution in [0, 0.1) is 0 Å². The van der Waals surface area contributed by atoms with Crippen LogP contribution < -0.4 is 15.6 Å². The van der Waals surface area contributed by atoms with Crippen molar-refractivity contribution in [3.8, 4) is 5.75 Å². The zero-order valence-corrected chi connectivity index (χ0v) is 20.3. The molecule has 0 aliphatic carbocycles. The van der Waals surface area contributed by atoms with Gasteiger partial charge < -0.3 is 19.5 Å². The predicted molar refractivity (Wildman–Crippen MR) is 140 cm³/mol. The number of ether oxygens (including phenoxy) is 1. The molecule has 2 heterocycles. The number of nitrogens with zero attached hydrogens (tertiary/aromatic N) is 3. The molecular weight excluding hydrogens is 448 g/mol. The van der Waals surface area contributed by atoms with Gasteiger partial charge in [-0.2, -0.15) is 0 Å². The van der Waals surface area contributed by atoms with Gasteiger partial charge in [-0.3, -0.25) is 4.79 Å². The van der Waals surface area contributed by atoms with Crippen molar-refractivity contribution < 1.29 is 4.74 Å². The molecule has 0 amide bonds. The van der Waals surface area contributed by atoms with Crippen LogP contribution in [0.1, 0.15) is 18.4 Å². The topological polar surface area (TPSA) is 59.4 Å². The third kappa shape index (κ3) is 5.41.